The Morgan fingerprint density at radius 2 is 1.54 bits per heavy atom. The van der Waals surface area contributed by atoms with Crippen LogP contribution in [-0.2, 0) is 39.9 Å². The molecule has 0 unspecified atom stereocenters. The first-order valence-electron chi connectivity index (χ1n) is 8.84. The zero-order chi connectivity index (χ0) is 20.7. The highest BCUT2D eigenvalue weighted by atomic mass is 16.6. The lowest BCUT2D eigenvalue weighted by atomic mass is 10.1. The summed E-state index contributed by atoms with van der Waals surface area (Å²) in [5.74, 6) is -2.10. The number of ether oxygens (including phenoxy) is 3. The van der Waals surface area contributed by atoms with Crippen molar-refractivity contribution in [2.75, 3.05) is 6.54 Å². The minimum absolute atomic E-state index is 0.00644. The lowest BCUT2D eigenvalue weighted by Crippen LogP contribution is -2.46. The van der Waals surface area contributed by atoms with Crippen LogP contribution in [0.15, 0.2) is 30.3 Å². The molecule has 0 saturated carbocycles. The molecule has 1 saturated heterocycles. The monoisotopic (exact) mass is 392 g/mol. The minimum atomic E-state index is -1.18. The molecule has 0 aliphatic carbocycles. The first kappa shape index (κ1) is 21.4. The maximum absolute atomic E-state index is 12.7. The van der Waals surface area contributed by atoms with E-state index in [1.54, 1.807) is 0 Å². The van der Waals surface area contributed by atoms with Gasteiger partial charge in [-0.3, -0.25) is 19.2 Å². The van der Waals surface area contributed by atoms with Crippen molar-refractivity contribution < 1.29 is 33.4 Å². The van der Waals surface area contributed by atoms with Crippen LogP contribution in [-0.4, -0.2) is 54.7 Å². The van der Waals surface area contributed by atoms with Gasteiger partial charge in [-0.1, -0.05) is 30.3 Å². The summed E-state index contributed by atoms with van der Waals surface area (Å²) < 4.78 is 16.2. The number of hydrogen-bond acceptors (Lipinski definition) is 7. The summed E-state index contributed by atoms with van der Waals surface area (Å²) in [7, 11) is 0. The molecule has 0 bridgehead atoms. The van der Waals surface area contributed by atoms with Crippen LogP contribution in [0.5, 0.6) is 0 Å². The fraction of sp³-hybridized carbons (Fsp3) is 0.474. The molecule has 1 aliphatic heterocycles. The molecular formula is C19H24N2O7. The Morgan fingerprint density at radius 1 is 0.929 bits per heavy atom. The average molecular weight is 392 g/mol. The second kappa shape index (κ2) is 9.84. The summed E-state index contributed by atoms with van der Waals surface area (Å²) in [6, 6.07) is 9.24. The van der Waals surface area contributed by atoms with Gasteiger partial charge in [-0.25, -0.2) is 0 Å². The van der Waals surface area contributed by atoms with Gasteiger partial charge in [0, 0.05) is 33.9 Å². The van der Waals surface area contributed by atoms with Gasteiger partial charge >= 0.3 is 11.9 Å². The van der Waals surface area contributed by atoms with Crippen LogP contribution in [0.25, 0.3) is 0 Å². The average Bonchev–Trinajstić information content (AvgIpc) is 2.95. The molecule has 4 atom stereocenters. The van der Waals surface area contributed by atoms with Crippen molar-refractivity contribution in [2.45, 2.75) is 51.7 Å². The Morgan fingerprint density at radius 3 is 2.11 bits per heavy atom. The van der Waals surface area contributed by atoms with Crippen molar-refractivity contribution in [2.24, 2.45) is 0 Å². The molecular weight excluding hydrogens is 368 g/mol. The third-order valence-corrected chi connectivity index (χ3v) is 4.03. The Hall–Kier alpha value is -2.94. The van der Waals surface area contributed by atoms with E-state index in [1.807, 2.05) is 30.3 Å². The molecule has 9 nitrogen and oxygen atoms in total. The molecule has 152 valence electrons. The van der Waals surface area contributed by atoms with E-state index in [2.05, 4.69) is 10.6 Å². The summed E-state index contributed by atoms with van der Waals surface area (Å²) in [6.07, 6.45) is -4.18. The van der Waals surface area contributed by atoms with Crippen LogP contribution in [0.3, 0.4) is 0 Å². The van der Waals surface area contributed by atoms with Gasteiger partial charge in [0.25, 0.3) is 5.91 Å². The fourth-order valence-corrected chi connectivity index (χ4v) is 2.89. The molecule has 2 amide bonds. The van der Waals surface area contributed by atoms with E-state index in [0.29, 0.717) is 0 Å². The maximum atomic E-state index is 12.7. The first-order chi connectivity index (χ1) is 13.3. The largest absolute Gasteiger partial charge is 0.456 e. The highest BCUT2D eigenvalue weighted by Gasteiger charge is 2.52. The molecule has 1 fully saturated rings. The predicted octanol–water partition coefficient (Wildman–Crippen LogP) is 0.0697. The number of benzene rings is 1. The molecule has 2 N–H and O–H groups in total. The van der Waals surface area contributed by atoms with E-state index >= 15 is 0 Å². The number of amides is 2. The van der Waals surface area contributed by atoms with Gasteiger partial charge in [-0.2, -0.15) is 0 Å². The van der Waals surface area contributed by atoms with E-state index in [9.17, 15) is 19.2 Å². The normalized spacial score (nSPS) is 23.5. The van der Waals surface area contributed by atoms with Gasteiger partial charge in [-0.05, 0) is 5.56 Å². The summed E-state index contributed by atoms with van der Waals surface area (Å²) in [5, 5.41) is 5.27. The SMILES string of the molecule is CC(=O)NC[C@H]1O[C@@H](C(=O)NCc2ccccc2)[C@@H](OC(C)=O)[C@@H]1OC(C)=O. The Bertz CT molecular complexity index is 722. The summed E-state index contributed by atoms with van der Waals surface area (Å²) in [5.41, 5.74) is 0.879. The van der Waals surface area contributed by atoms with Crippen molar-refractivity contribution >= 4 is 23.8 Å². The Balaban J connectivity index is 2.15. The quantitative estimate of drug-likeness (QED) is 0.630. The van der Waals surface area contributed by atoms with Gasteiger partial charge in [0.05, 0.1) is 0 Å². The lowest BCUT2D eigenvalue weighted by Gasteiger charge is -2.23. The van der Waals surface area contributed by atoms with E-state index in [0.717, 1.165) is 5.56 Å². The lowest BCUT2D eigenvalue weighted by molar-refractivity contribution is -0.165. The number of esters is 2. The molecule has 1 heterocycles. The molecule has 2 rings (SSSR count). The van der Waals surface area contributed by atoms with Crippen LogP contribution in [0.2, 0.25) is 0 Å². The summed E-state index contributed by atoms with van der Waals surface area (Å²) >= 11 is 0. The van der Waals surface area contributed by atoms with Crippen LogP contribution >= 0.6 is 0 Å². The van der Waals surface area contributed by atoms with Crippen LogP contribution in [0.1, 0.15) is 26.3 Å². The van der Waals surface area contributed by atoms with Crippen molar-refractivity contribution in [1.29, 1.82) is 0 Å². The minimum Gasteiger partial charge on any atom is -0.456 e. The first-order valence-corrected chi connectivity index (χ1v) is 8.84. The highest BCUT2D eigenvalue weighted by Crippen LogP contribution is 2.27. The standard InChI is InChI=1S/C19H24N2O7/c1-11(22)20-10-15-16(26-12(2)23)17(27-13(3)24)18(28-15)19(25)21-9-14-7-5-4-6-8-14/h4-8,15-18H,9-10H2,1-3H3,(H,20,22)(H,21,25)/t15-,16-,17+,18-/m1/s1. The molecule has 1 aliphatic rings. The Labute approximate surface area is 162 Å². The molecule has 1 aromatic rings. The number of carbonyl (C=O) groups is 4. The van der Waals surface area contributed by atoms with Gasteiger partial charge in [0.15, 0.2) is 18.3 Å². The van der Waals surface area contributed by atoms with E-state index in [4.69, 9.17) is 14.2 Å². The third-order valence-electron chi connectivity index (χ3n) is 4.03. The molecule has 28 heavy (non-hydrogen) atoms. The van der Waals surface area contributed by atoms with Gasteiger partial charge in [0.1, 0.15) is 6.10 Å². The van der Waals surface area contributed by atoms with E-state index < -0.39 is 42.3 Å². The van der Waals surface area contributed by atoms with Gasteiger partial charge < -0.3 is 24.8 Å². The van der Waals surface area contributed by atoms with Crippen LogP contribution < -0.4 is 10.6 Å². The fourth-order valence-electron chi connectivity index (χ4n) is 2.89. The smallest absolute Gasteiger partial charge is 0.303 e. The second-order valence-corrected chi connectivity index (χ2v) is 6.38. The number of carbonyl (C=O) groups excluding carboxylic acids is 4. The van der Waals surface area contributed by atoms with Crippen molar-refractivity contribution in [1.82, 2.24) is 10.6 Å². The highest BCUT2D eigenvalue weighted by molar-refractivity contribution is 5.82. The van der Waals surface area contributed by atoms with Crippen LogP contribution in [0, 0.1) is 0 Å². The topological polar surface area (TPSA) is 120 Å². The number of rotatable bonds is 7. The molecule has 9 heteroatoms. The number of nitrogens with one attached hydrogen (secondary N) is 2. The maximum Gasteiger partial charge on any atom is 0.303 e. The summed E-state index contributed by atoms with van der Waals surface area (Å²) in [4.78, 5) is 46.9. The van der Waals surface area contributed by atoms with E-state index in [-0.39, 0.29) is 19.0 Å². The van der Waals surface area contributed by atoms with Crippen molar-refractivity contribution in [3.8, 4) is 0 Å². The molecule has 0 radical (unpaired) electrons. The second-order valence-electron chi connectivity index (χ2n) is 6.38. The molecule has 0 aromatic heterocycles. The van der Waals surface area contributed by atoms with Crippen LogP contribution in [0.4, 0.5) is 0 Å². The molecule has 1 aromatic carbocycles. The number of hydrogen-bond donors (Lipinski definition) is 2. The predicted molar refractivity (Wildman–Crippen MR) is 96.7 cm³/mol. The molecule has 0 spiro atoms. The zero-order valence-electron chi connectivity index (χ0n) is 16.0. The Kier molecular flexibility index (Phi) is 7.51. The van der Waals surface area contributed by atoms with E-state index in [1.165, 1.54) is 20.8 Å². The third kappa shape index (κ3) is 6.05. The zero-order valence-corrected chi connectivity index (χ0v) is 16.0. The van der Waals surface area contributed by atoms with Gasteiger partial charge in [0.2, 0.25) is 5.91 Å². The van der Waals surface area contributed by atoms with Gasteiger partial charge in [-0.15, -0.1) is 0 Å². The summed E-state index contributed by atoms with van der Waals surface area (Å²) in [6.45, 7) is 3.95. The van der Waals surface area contributed by atoms with Crippen molar-refractivity contribution in [3.05, 3.63) is 35.9 Å². The van der Waals surface area contributed by atoms with Crippen molar-refractivity contribution in [3.63, 3.8) is 0 Å².